The Balaban J connectivity index is 2.51. The fourth-order valence-corrected chi connectivity index (χ4v) is 3.71. The van der Waals surface area contributed by atoms with Crippen molar-refractivity contribution in [1.82, 2.24) is 0 Å². The van der Waals surface area contributed by atoms with Crippen molar-refractivity contribution in [1.29, 1.82) is 0 Å². The van der Waals surface area contributed by atoms with Crippen molar-refractivity contribution >= 4 is 33.0 Å². The van der Waals surface area contributed by atoms with Crippen LogP contribution in [0.5, 0.6) is 11.5 Å². The Hall–Kier alpha value is -1.44. The molecular weight excluding hydrogens is 388 g/mol. The van der Waals surface area contributed by atoms with Gasteiger partial charge in [-0.2, -0.15) is 8.78 Å². The maximum Gasteiger partial charge on any atom is 0.341 e. The maximum absolute atomic E-state index is 13.3. The zero-order valence-electron chi connectivity index (χ0n) is 12.2. The average Bonchev–Trinajstić information content (AvgIpc) is 2.47. The third-order valence-electron chi connectivity index (χ3n) is 3.12. The molecule has 0 N–H and O–H groups in total. The minimum Gasteiger partial charge on any atom is -0.456 e. The van der Waals surface area contributed by atoms with Gasteiger partial charge in [-0.3, -0.25) is 0 Å². The first-order valence-electron chi connectivity index (χ1n) is 6.64. The molecule has 0 heterocycles. The second kappa shape index (κ2) is 7.21. The summed E-state index contributed by atoms with van der Waals surface area (Å²) in [6.45, 7) is 1.56. The van der Waals surface area contributed by atoms with Crippen LogP contribution in [-0.2, 0) is 16.3 Å². The van der Waals surface area contributed by atoms with Crippen molar-refractivity contribution in [3.63, 3.8) is 0 Å². The lowest BCUT2D eigenvalue weighted by atomic mass is 10.1. The number of rotatable bonds is 5. The minimum absolute atomic E-state index is 0.00281. The topological polar surface area (TPSA) is 43.4 Å². The van der Waals surface area contributed by atoms with Gasteiger partial charge in [0.05, 0.1) is 9.92 Å². The molecule has 0 fully saturated rings. The molecular formula is C15H11Cl2F3O3S. The van der Waals surface area contributed by atoms with Gasteiger partial charge in [-0.05, 0) is 36.2 Å². The Bertz CT molecular complexity index is 850. The zero-order chi connectivity index (χ0) is 18.1. The Kier molecular flexibility index (Phi) is 5.67. The standard InChI is InChI=1S/C15H11Cl2F3O3S/c1-2-11-13(24(21,22)15(19)20)4-3-12(14(11)17)23-10-6-8(16)5-9(18)7-10/h3-7,15H,2H2,1H3. The number of hydrogen-bond donors (Lipinski definition) is 0. The molecule has 9 heteroatoms. The summed E-state index contributed by atoms with van der Waals surface area (Å²) in [5.41, 5.74) is -0.00281. The van der Waals surface area contributed by atoms with Gasteiger partial charge in [0.1, 0.15) is 17.3 Å². The molecule has 0 aliphatic heterocycles. The summed E-state index contributed by atoms with van der Waals surface area (Å²) < 4.78 is 67.7. The molecule has 2 aromatic carbocycles. The molecule has 0 aliphatic rings. The molecule has 2 aromatic rings. The van der Waals surface area contributed by atoms with Gasteiger partial charge in [0.15, 0.2) is 0 Å². The summed E-state index contributed by atoms with van der Waals surface area (Å²) in [7, 11) is -4.80. The van der Waals surface area contributed by atoms with E-state index in [1.54, 1.807) is 6.92 Å². The van der Waals surface area contributed by atoms with Crippen LogP contribution in [0.4, 0.5) is 13.2 Å². The first-order chi connectivity index (χ1) is 11.2. The van der Waals surface area contributed by atoms with Gasteiger partial charge in [0.2, 0.25) is 9.84 Å². The highest BCUT2D eigenvalue weighted by atomic mass is 35.5. The number of benzene rings is 2. The molecule has 0 atom stereocenters. The van der Waals surface area contributed by atoms with Gasteiger partial charge < -0.3 is 4.74 Å². The number of ether oxygens (including phenoxy) is 1. The smallest absolute Gasteiger partial charge is 0.341 e. The molecule has 0 bridgehead atoms. The summed E-state index contributed by atoms with van der Waals surface area (Å²) in [4.78, 5) is -0.561. The first kappa shape index (κ1) is 18.9. The van der Waals surface area contributed by atoms with Crippen molar-refractivity contribution in [3.8, 4) is 11.5 Å². The molecule has 0 aromatic heterocycles. The van der Waals surface area contributed by atoms with Crippen molar-refractivity contribution in [3.05, 3.63) is 51.8 Å². The summed E-state index contributed by atoms with van der Waals surface area (Å²) >= 11 is 11.8. The lowest BCUT2D eigenvalue weighted by molar-refractivity contribution is 0.234. The first-order valence-corrected chi connectivity index (χ1v) is 8.94. The lowest BCUT2D eigenvalue weighted by Gasteiger charge is -2.14. The van der Waals surface area contributed by atoms with Gasteiger partial charge in [0.25, 0.3) is 0 Å². The molecule has 2 rings (SSSR count). The van der Waals surface area contributed by atoms with E-state index in [0.717, 1.165) is 24.3 Å². The van der Waals surface area contributed by atoms with Gasteiger partial charge in [-0.25, -0.2) is 12.8 Å². The van der Waals surface area contributed by atoms with E-state index in [4.69, 9.17) is 27.9 Å². The van der Waals surface area contributed by atoms with Gasteiger partial charge in [-0.15, -0.1) is 0 Å². The molecule has 0 saturated heterocycles. The highest BCUT2D eigenvalue weighted by molar-refractivity contribution is 7.91. The van der Waals surface area contributed by atoms with Crippen molar-refractivity contribution in [2.45, 2.75) is 24.0 Å². The lowest BCUT2D eigenvalue weighted by Crippen LogP contribution is -2.14. The number of halogens is 5. The normalized spacial score (nSPS) is 11.8. The van der Waals surface area contributed by atoms with E-state index in [1.807, 2.05) is 0 Å². The van der Waals surface area contributed by atoms with Gasteiger partial charge in [-0.1, -0.05) is 30.1 Å². The maximum atomic E-state index is 13.3. The van der Waals surface area contributed by atoms with Crippen LogP contribution in [0.2, 0.25) is 10.0 Å². The molecule has 130 valence electrons. The van der Waals surface area contributed by atoms with Crippen LogP contribution >= 0.6 is 23.2 Å². The predicted molar refractivity (Wildman–Crippen MR) is 85.5 cm³/mol. The van der Waals surface area contributed by atoms with Crippen LogP contribution in [0.1, 0.15) is 12.5 Å². The van der Waals surface area contributed by atoms with Crippen LogP contribution in [0.15, 0.2) is 35.2 Å². The number of sulfone groups is 1. The van der Waals surface area contributed by atoms with Crippen LogP contribution in [-0.4, -0.2) is 14.2 Å². The average molecular weight is 399 g/mol. The fraction of sp³-hybridized carbons (Fsp3) is 0.200. The van der Waals surface area contributed by atoms with E-state index in [0.29, 0.717) is 0 Å². The van der Waals surface area contributed by atoms with Crippen LogP contribution in [0.3, 0.4) is 0 Å². The quantitative estimate of drug-likeness (QED) is 0.669. The van der Waals surface area contributed by atoms with E-state index in [-0.39, 0.29) is 33.5 Å². The van der Waals surface area contributed by atoms with E-state index < -0.39 is 26.3 Å². The molecule has 24 heavy (non-hydrogen) atoms. The third-order valence-corrected chi connectivity index (χ3v) is 5.22. The second-order valence-corrected chi connectivity index (χ2v) is 7.42. The highest BCUT2D eigenvalue weighted by Gasteiger charge is 2.30. The molecule has 0 radical (unpaired) electrons. The predicted octanol–water partition coefficient (Wildman–Crippen LogP) is 5.48. The van der Waals surface area contributed by atoms with Gasteiger partial charge >= 0.3 is 5.76 Å². The summed E-state index contributed by atoms with van der Waals surface area (Å²) in [6.07, 6.45) is 0.0845. The fourth-order valence-electron chi connectivity index (χ4n) is 2.07. The van der Waals surface area contributed by atoms with Crippen LogP contribution < -0.4 is 4.74 Å². The molecule has 0 spiro atoms. The van der Waals surface area contributed by atoms with Crippen molar-refractivity contribution < 1.29 is 26.3 Å². The monoisotopic (exact) mass is 398 g/mol. The molecule has 3 nitrogen and oxygen atoms in total. The van der Waals surface area contributed by atoms with Crippen LogP contribution in [0, 0.1) is 5.82 Å². The Labute approximate surface area is 146 Å². The number of alkyl halides is 2. The number of hydrogen-bond acceptors (Lipinski definition) is 3. The van der Waals surface area contributed by atoms with Gasteiger partial charge in [0, 0.05) is 11.1 Å². The largest absolute Gasteiger partial charge is 0.456 e. The Morgan fingerprint density at radius 1 is 1.17 bits per heavy atom. The van der Waals surface area contributed by atoms with E-state index in [1.165, 1.54) is 6.07 Å². The molecule has 0 aliphatic carbocycles. The SMILES string of the molecule is CCc1c(S(=O)(=O)C(F)F)ccc(Oc2cc(F)cc(Cl)c2)c1Cl. The Morgan fingerprint density at radius 2 is 1.83 bits per heavy atom. The molecule has 0 amide bonds. The highest BCUT2D eigenvalue weighted by Crippen LogP contribution is 2.38. The van der Waals surface area contributed by atoms with E-state index in [9.17, 15) is 21.6 Å². The molecule has 0 unspecified atom stereocenters. The zero-order valence-corrected chi connectivity index (χ0v) is 14.5. The summed E-state index contributed by atoms with van der Waals surface area (Å²) in [5.74, 6) is -4.16. The Morgan fingerprint density at radius 3 is 2.38 bits per heavy atom. The second-order valence-electron chi connectivity index (χ2n) is 4.72. The summed E-state index contributed by atoms with van der Waals surface area (Å²) in [6, 6.07) is 5.58. The summed E-state index contributed by atoms with van der Waals surface area (Å²) in [5, 5.41) is -0.0478. The van der Waals surface area contributed by atoms with Crippen molar-refractivity contribution in [2.24, 2.45) is 0 Å². The third kappa shape index (κ3) is 3.79. The van der Waals surface area contributed by atoms with Crippen LogP contribution in [0.25, 0.3) is 0 Å². The van der Waals surface area contributed by atoms with Crippen molar-refractivity contribution in [2.75, 3.05) is 0 Å². The molecule has 0 saturated carbocycles. The van der Waals surface area contributed by atoms with E-state index in [2.05, 4.69) is 0 Å². The minimum atomic E-state index is -4.80. The van der Waals surface area contributed by atoms with E-state index >= 15 is 0 Å².